The van der Waals surface area contributed by atoms with Crippen molar-refractivity contribution in [2.24, 2.45) is 33.9 Å². The number of rotatable bonds is 9. The zero-order chi connectivity index (χ0) is 19.3. The fourth-order valence-electron chi connectivity index (χ4n) is 5.63. The zero-order valence-corrected chi connectivity index (χ0v) is 16.9. The van der Waals surface area contributed by atoms with Crippen LogP contribution in [0.3, 0.4) is 0 Å². The van der Waals surface area contributed by atoms with Crippen LogP contribution in [0, 0.1) is 23.7 Å². The van der Waals surface area contributed by atoms with Crippen molar-refractivity contribution in [3.63, 3.8) is 0 Å². The Morgan fingerprint density at radius 1 is 0.714 bits per heavy atom. The molecule has 4 atom stereocenters. The summed E-state index contributed by atoms with van der Waals surface area (Å²) in [6.07, 6.45) is 14.6. The second-order valence-corrected chi connectivity index (χ2v) is 9.35. The first-order valence-electron chi connectivity index (χ1n) is 11.4. The summed E-state index contributed by atoms with van der Waals surface area (Å²) in [5.41, 5.74) is 7.91. The molecular formula is C22H34N4O2. The quantitative estimate of drug-likeness (QED) is 0.465. The number of amides is 2. The Morgan fingerprint density at radius 2 is 1.18 bits per heavy atom. The highest BCUT2D eigenvalue weighted by Gasteiger charge is 2.37. The Balaban J connectivity index is 1.01. The molecule has 4 unspecified atom stereocenters. The predicted octanol–water partition coefficient (Wildman–Crippen LogP) is 3.91. The van der Waals surface area contributed by atoms with Gasteiger partial charge in [-0.05, 0) is 87.9 Å². The molecule has 6 nitrogen and oxygen atoms in total. The van der Waals surface area contributed by atoms with Crippen LogP contribution in [0.5, 0.6) is 0 Å². The van der Waals surface area contributed by atoms with Gasteiger partial charge >= 0.3 is 0 Å². The molecule has 28 heavy (non-hydrogen) atoms. The van der Waals surface area contributed by atoms with E-state index < -0.39 is 0 Å². The summed E-state index contributed by atoms with van der Waals surface area (Å²) in [6, 6.07) is 0. The van der Waals surface area contributed by atoms with Gasteiger partial charge in [0.25, 0.3) is 0 Å². The van der Waals surface area contributed by atoms with Crippen LogP contribution in [0.25, 0.3) is 0 Å². The fourth-order valence-corrected chi connectivity index (χ4v) is 5.63. The standard InChI is InChI=1S/C22H34N4O2/c27-21(25-23-19-13-15-7-9-17(19)11-15)5-3-1-2-4-6-22(28)26-24-20-14-16-8-10-18(20)12-16/h15-18H,1-14H2,(H,25,27)(H,26,28). The van der Waals surface area contributed by atoms with Gasteiger partial charge < -0.3 is 0 Å². The average Bonchev–Trinajstić information content (AvgIpc) is 3.48. The Bertz CT molecular complexity index is 601. The molecule has 4 aliphatic carbocycles. The summed E-state index contributed by atoms with van der Waals surface area (Å²) in [5.74, 6) is 2.94. The van der Waals surface area contributed by atoms with Crippen LogP contribution in [0.15, 0.2) is 10.2 Å². The molecule has 0 aromatic heterocycles. The third kappa shape index (κ3) is 5.00. The van der Waals surface area contributed by atoms with Gasteiger partial charge in [-0.25, -0.2) is 10.9 Å². The molecule has 0 saturated heterocycles. The van der Waals surface area contributed by atoms with Crippen LogP contribution >= 0.6 is 0 Å². The normalized spacial score (nSPS) is 33.1. The lowest BCUT2D eigenvalue weighted by molar-refractivity contribution is -0.122. The third-order valence-corrected chi connectivity index (χ3v) is 7.23. The summed E-state index contributed by atoms with van der Waals surface area (Å²) in [5, 5.41) is 8.73. The topological polar surface area (TPSA) is 82.9 Å². The van der Waals surface area contributed by atoms with Crippen LogP contribution in [-0.4, -0.2) is 23.2 Å². The highest BCUT2D eigenvalue weighted by molar-refractivity contribution is 5.91. The number of nitrogens with one attached hydrogen (secondary N) is 2. The number of hydrogen-bond acceptors (Lipinski definition) is 4. The minimum atomic E-state index is 0.0229. The fraction of sp³-hybridized carbons (Fsp3) is 0.818. The van der Waals surface area contributed by atoms with Crippen LogP contribution < -0.4 is 10.9 Å². The molecule has 2 N–H and O–H groups in total. The maximum atomic E-state index is 11.9. The van der Waals surface area contributed by atoms with E-state index >= 15 is 0 Å². The molecule has 0 spiro atoms. The number of carbonyl (C=O) groups excluding carboxylic acids is 2. The van der Waals surface area contributed by atoms with Crippen LogP contribution in [0.2, 0.25) is 0 Å². The number of carbonyl (C=O) groups is 2. The van der Waals surface area contributed by atoms with E-state index in [0.29, 0.717) is 24.7 Å². The molecule has 0 aromatic rings. The number of fused-ring (bicyclic) bond motifs is 4. The molecular weight excluding hydrogens is 352 g/mol. The summed E-state index contributed by atoms with van der Waals surface area (Å²) in [7, 11) is 0. The van der Waals surface area contributed by atoms with Crippen molar-refractivity contribution in [1.29, 1.82) is 0 Å². The average molecular weight is 387 g/mol. The third-order valence-electron chi connectivity index (χ3n) is 7.23. The van der Waals surface area contributed by atoms with Gasteiger partial charge in [0.2, 0.25) is 11.8 Å². The van der Waals surface area contributed by atoms with Crippen molar-refractivity contribution < 1.29 is 9.59 Å². The molecule has 0 heterocycles. The van der Waals surface area contributed by atoms with Crippen molar-refractivity contribution >= 4 is 23.2 Å². The summed E-state index contributed by atoms with van der Waals surface area (Å²) in [6.45, 7) is 0. The van der Waals surface area contributed by atoms with E-state index in [1.54, 1.807) is 0 Å². The molecule has 154 valence electrons. The second kappa shape index (κ2) is 9.19. The maximum absolute atomic E-state index is 11.9. The van der Waals surface area contributed by atoms with Crippen LogP contribution in [0.1, 0.15) is 89.9 Å². The van der Waals surface area contributed by atoms with Crippen molar-refractivity contribution in [2.75, 3.05) is 0 Å². The molecule has 0 aromatic carbocycles. The molecule has 4 bridgehead atoms. The monoisotopic (exact) mass is 386 g/mol. The van der Waals surface area contributed by atoms with Crippen molar-refractivity contribution in [1.82, 2.24) is 10.9 Å². The lowest BCUT2D eigenvalue weighted by Crippen LogP contribution is -2.21. The largest absolute Gasteiger partial charge is 0.273 e. The van der Waals surface area contributed by atoms with Gasteiger partial charge in [-0.3, -0.25) is 9.59 Å². The van der Waals surface area contributed by atoms with Gasteiger partial charge in [-0.2, -0.15) is 10.2 Å². The molecule has 4 rings (SSSR count). The van der Waals surface area contributed by atoms with Gasteiger partial charge in [-0.1, -0.05) is 12.8 Å². The molecule has 0 aliphatic heterocycles. The van der Waals surface area contributed by atoms with Crippen molar-refractivity contribution in [2.45, 2.75) is 89.9 Å². The SMILES string of the molecule is O=C(CCCCCCC(=O)NN=C1CC2CCC1C2)NN=C1CC2CCC1C2. The number of hydrogen-bond donors (Lipinski definition) is 2. The van der Waals surface area contributed by atoms with Gasteiger partial charge in [0, 0.05) is 24.3 Å². The van der Waals surface area contributed by atoms with E-state index in [9.17, 15) is 9.59 Å². The maximum Gasteiger partial charge on any atom is 0.240 e. The van der Waals surface area contributed by atoms with Crippen molar-refractivity contribution in [3.8, 4) is 0 Å². The van der Waals surface area contributed by atoms with E-state index in [-0.39, 0.29) is 11.8 Å². The Kier molecular flexibility index (Phi) is 6.43. The highest BCUT2D eigenvalue weighted by atomic mass is 16.2. The Morgan fingerprint density at radius 3 is 1.54 bits per heavy atom. The first kappa shape index (κ1) is 19.6. The molecule has 4 fully saturated rings. The Hall–Kier alpha value is -1.72. The van der Waals surface area contributed by atoms with E-state index in [1.807, 2.05) is 0 Å². The smallest absolute Gasteiger partial charge is 0.240 e. The second-order valence-electron chi connectivity index (χ2n) is 9.35. The number of hydrazone groups is 2. The minimum absolute atomic E-state index is 0.0229. The predicted molar refractivity (Wildman–Crippen MR) is 110 cm³/mol. The molecule has 6 heteroatoms. The van der Waals surface area contributed by atoms with E-state index in [4.69, 9.17) is 0 Å². The highest BCUT2D eigenvalue weighted by Crippen LogP contribution is 2.43. The first-order chi connectivity index (χ1) is 13.7. The van der Waals surface area contributed by atoms with E-state index in [0.717, 1.165) is 50.4 Å². The lowest BCUT2D eigenvalue weighted by Gasteiger charge is -2.11. The van der Waals surface area contributed by atoms with Gasteiger partial charge in [-0.15, -0.1) is 0 Å². The van der Waals surface area contributed by atoms with Gasteiger partial charge in [0.05, 0.1) is 0 Å². The molecule has 4 saturated carbocycles. The molecule has 4 aliphatic rings. The summed E-state index contributed by atoms with van der Waals surface area (Å²) in [4.78, 5) is 23.8. The van der Waals surface area contributed by atoms with Crippen LogP contribution in [0.4, 0.5) is 0 Å². The minimum Gasteiger partial charge on any atom is -0.273 e. The van der Waals surface area contributed by atoms with E-state index in [2.05, 4.69) is 21.1 Å². The number of unbranched alkanes of at least 4 members (excludes halogenated alkanes) is 3. The van der Waals surface area contributed by atoms with Gasteiger partial charge in [0.15, 0.2) is 0 Å². The lowest BCUT2D eigenvalue weighted by atomic mass is 9.99. The molecule has 0 radical (unpaired) electrons. The molecule has 2 amide bonds. The zero-order valence-electron chi connectivity index (χ0n) is 16.9. The van der Waals surface area contributed by atoms with Gasteiger partial charge in [0.1, 0.15) is 0 Å². The Labute approximate surface area is 168 Å². The van der Waals surface area contributed by atoms with Crippen molar-refractivity contribution in [3.05, 3.63) is 0 Å². The summed E-state index contributed by atoms with van der Waals surface area (Å²) < 4.78 is 0. The van der Waals surface area contributed by atoms with E-state index in [1.165, 1.54) is 49.9 Å². The van der Waals surface area contributed by atoms with Crippen LogP contribution in [-0.2, 0) is 9.59 Å². The first-order valence-corrected chi connectivity index (χ1v) is 11.4. The summed E-state index contributed by atoms with van der Waals surface area (Å²) >= 11 is 0. The number of nitrogens with zero attached hydrogens (tertiary/aromatic N) is 2.